The van der Waals surface area contributed by atoms with Crippen LogP contribution >= 0.6 is 23.4 Å². The second kappa shape index (κ2) is 13.3. The Balaban J connectivity index is 2.15. The van der Waals surface area contributed by atoms with Crippen molar-refractivity contribution in [2.45, 2.75) is 45.0 Å². The van der Waals surface area contributed by atoms with Gasteiger partial charge in [-0.05, 0) is 42.7 Å². The normalized spacial score (nSPS) is 11.7. The SMILES string of the molecule is CCCNC(=O)[C@@H](CC)N(Cc1ccc(OC)cc1)C(=O)CSCc1c(F)cccc1Cl. The van der Waals surface area contributed by atoms with Gasteiger partial charge in [-0.25, -0.2) is 4.39 Å². The molecular formula is C24H30ClFN2O3S. The number of benzene rings is 2. The van der Waals surface area contributed by atoms with E-state index in [9.17, 15) is 14.0 Å². The van der Waals surface area contributed by atoms with E-state index in [0.29, 0.717) is 30.1 Å². The largest absolute Gasteiger partial charge is 0.497 e. The predicted molar refractivity (Wildman–Crippen MR) is 128 cm³/mol. The maximum Gasteiger partial charge on any atom is 0.242 e. The Morgan fingerprint density at radius 1 is 1.19 bits per heavy atom. The lowest BCUT2D eigenvalue weighted by Gasteiger charge is -2.30. The summed E-state index contributed by atoms with van der Waals surface area (Å²) < 4.78 is 19.2. The Morgan fingerprint density at radius 3 is 2.50 bits per heavy atom. The Bertz CT molecular complexity index is 875. The highest BCUT2D eigenvalue weighted by molar-refractivity contribution is 7.99. The summed E-state index contributed by atoms with van der Waals surface area (Å²) in [5, 5.41) is 3.23. The highest BCUT2D eigenvalue weighted by atomic mass is 35.5. The minimum Gasteiger partial charge on any atom is -0.497 e. The van der Waals surface area contributed by atoms with Crippen LogP contribution in [0.2, 0.25) is 5.02 Å². The molecular weight excluding hydrogens is 451 g/mol. The number of ether oxygens (including phenoxy) is 1. The molecule has 0 bridgehead atoms. The van der Waals surface area contributed by atoms with Crippen LogP contribution in [0, 0.1) is 5.82 Å². The molecule has 2 rings (SSSR count). The summed E-state index contributed by atoms with van der Waals surface area (Å²) in [5.41, 5.74) is 1.27. The third-order valence-corrected chi connectivity index (χ3v) is 6.28. The Hall–Kier alpha value is -2.25. The summed E-state index contributed by atoms with van der Waals surface area (Å²) in [6.45, 7) is 4.71. The minimum atomic E-state index is -0.589. The van der Waals surface area contributed by atoms with Gasteiger partial charge in [0.15, 0.2) is 0 Å². The summed E-state index contributed by atoms with van der Waals surface area (Å²) in [6, 6.07) is 11.3. The molecule has 0 fully saturated rings. The molecule has 174 valence electrons. The van der Waals surface area contributed by atoms with E-state index in [1.165, 1.54) is 17.8 Å². The van der Waals surface area contributed by atoms with Gasteiger partial charge in [0.2, 0.25) is 11.8 Å². The fourth-order valence-corrected chi connectivity index (χ4v) is 4.46. The van der Waals surface area contributed by atoms with Crippen LogP contribution in [0.15, 0.2) is 42.5 Å². The average molecular weight is 481 g/mol. The number of rotatable bonds is 12. The van der Waals surface area contributed by atoms with Crippen molar-refractivity contribution < 1.29 is 18.7 Å². The molecule has 0 saturated carbocycles. The number of nitrogens with zero attached hydrogens (tertiary/aromatic N) is 1. The van der Waals surface area contributed by atoms with Gasteiger partial charge in [0.1, 0.15) is 17.6 Å². The summed E-state index contributed by atoms with van der Waals surface area (Å²) in [5.74, 6) is 0.356. The van der Waals surface area contributed by atoms with Gasteiger partial charge in [-0.3, -0.25) is 9.59 Å². The monoisotopic (exact) mass is 480 g/mol. The highest BCUT2D eigenvalue weighted by Gasteiger charge is 2.28. The number of carbonyl (C=O) groups excluding carboxylic acids is 2. The summed E-state index contributed by atoms with van der Waals surface area (Å²) in [4.78, 5) is 27.5. The van der Waals surface area contributed by atoms with Crippen LogP contribution in [0.3, 0.4) is 0 Å². The maximum atomic E-state index is 14.0. The van der Waals surface area contributed by atoms with Gasteiger partial charge in [-0.1, -0.05) is 43.6 Å². The number of nitrogens with one attached hydrogen (secondary N) is 1. The smallest absolute Gasteiger partial charge is 0.242 e. The molecule has 0 heterocycles. The summed E-state index contributed by atoms with van der Waals surface area (Å²) >= 11 is 7.37. The molecule has 1 atom stereocenters. The number of methoxy groups -OCH3 is 1. The number of amides is 2. The molecule has 0 aliphatic rings. The van der Waals surface area contributed by atoms with Crippen molar-refractivity contribution >= 4 is 35.2 Å². The van der Waals surface area contributed by atoms with Gasteiger partial charge >= 0.3 is 0 Å². The zero-order valence-corrected chi connectivity index (χ0v) is 20.3. The van der Waals surface area contributed by atoms with Crippen molar-refractivity contribution in [3.8, 4) is 5.75 Å². The molecule has 5 nitrogen and oxygen atoms in total. The first-order valence-electron chi connectivity index (χ1n) is 10.6. The standard InChI is InChI=1S/C24H30ClFN2O3S/c1-4-13-27-24(30)22(5-2)28(14-17-9-11-18(31-3)12-10-17)23(29)16-32-15-19-20(25)7-6-8-21(19)26/h6-12,22H,4-5,13-16H2,1-3H3,(H,27,30)/t22-/m1/s1. The van der Waals surface area contributed by atoms with Crippen LogP contribution in [0.5, 0.6) is 5.75 Å². The van der Waals surface area contributed by atoms with Crippen LogP contribution in [0.1, 0.15) is 37.8 Å². The van der Waals surface area contributed by atoms with E-state index >= 15 is 0 Å². The van der Waals surface area contributed by atoms with E-state index in [2.05, 4.69) is 5.32 Å². The van der Waals surface area contributed by atoms with E-state index < -0.39 is 11.9 Å². The minimum absolute atomic E-state index is 0.109. The van der Waals surface area contributed by atoms with Crippen LogP contribution in [0.25, 0.3) is 0 Å². The molecule has 32 heavy (non-hydrogen) atoms. The van der Waals surface area contributed by atoms with Gasteiger partial charge in [0, 0.05) is 29.4 Å². The molecule has 0 unspecified atom stereocenters. The second-order valence-electron chi connectivity index (χ2n) is 7.28. The first-order chi connectivity index (χ1) is 15.4. The molecule has 2 aromatic rings. The van der Waals surface area contributed by atoms with Crippen molar-refractivity contribution in [2.75, 3.05) is 19.4 Å². The van der Waals surface area contributed by atoms with Gasteiger partial charge in [-0.15, -0.1) is 11.8 Å². The van der Waals surface area contributed by atoms with E-state index in [4.69, 9.17) is 16.3 Å². The lowest BCUT2D eigenvalue weighted by molar-refractivity contribution is -0.139. The van der Waals surface area contributed by atoms with Gasteiger partial charge in [-0.2, -0.15) is 0 Å². The molecule has 0 aliphatic heterocycles. The van der Waals surface area contributed by atoms with Crippen LogP contribution in [-0.2, 0) is 21.9 Å². The van der Waals surface area contributed by atoms with Gasteiger partial charge in [0.05, 0.1) is 12.9 Å². The van der Waals surface area contributed by atoms with Crippen LogP contribution in [0.4, 0.5) is 4.39 Å². The second-order valence-corrected chi connectivity index (χ2v) is 8.67. The third kappa shape index (κ3) is 7.41. The summed E-state index contributed by atoms with van der Waals surface area (Å²) in [7, 11) is 1.59. The first kappa shape index (κ1) is 26.0. The van der Waals surface area contributed by atoms with Crippen LogP contribution in [-0.4, -0.2) is 42.2 Å². The predicted octanol–water partition coefficient (Wildman–Crippen LogP) is 5.05. The van der Waals surface area contributed by atoms with E-state index in [1.807, 2.05) is 38.1 Å². The zero-order valence-electron chi connectivity index (χ0n) is 18.7. The molecule has 0 aliphatic carbocycles. The van der Waals surface area contributed by atoms with Crippen molar-refractivity contribution in [1.29, 1.82) is 0 Å². The molecule has 2 amide bonds. The van der Waals surface area contributed by atoms with Crippen molar-refractivity contribution in [2.24, 2.45) is 0 Å². The third-order valence-electron chi connectivity index (χ3n) is 4.98. The molecule has 0 aromatic heterocycles. The molecule has 8 heteroatoms. The van der Waals surface area contributed by atoms with E-state index in [0.717, 1.165) is 17.7 Å². The Kier molecular flexibility index (Phi) is 10.8. The first-order valence-corrected chi connectivity index (χ1v) is 12.1. The Labute approximate surface area is 198 Å². The number of hydrogen-bond donors (Lipinski definition) is 1. The number of carbonyl (C=O) groups is 2. The number of halogens is 2. The fraction of sp³-hybridized carbons (Fsp3) is 0.417. The fourth-order valence-electron chi connectivity index (χ4n) is 3.21. The highest BCUT2D eigenvalue weighted by Crippen LogP contribution is 2.25. The van der Waals surface area contributed by atoms with E-state index in [1.54, 1.807) is 24.1 Å². The lowest BCUT2D eigenvalue weighted by Crippen LogP contribution is -2.49. The topological polar surface area (TPSA) is 58.6 Å². The van der Waals surface area contributed by atoms with Crippen LogP contribution < -0.4 is 10.1 Å². The van der Waals surface area contributed by atoms with Crippen molar-refractivity contribution in [1.82, 2.24) is 10.2 Å². The molecule has 0 spiro atoms. The van der Waals surface area contributed by atoms with Gasteiger partial charge in [0.25, 0.3) is 0 Å². The lowest BCUT2D eigenvalue weighted by atomic mass is 10.1. The summed E-state index contributed by atoms with van der Waals surface area (Å²) in [6.07, 6.45) is 1.30. The van der Waals surface area contributed by atoms with Crippen molar-refractivity contribution in [3.05, 3.63) is 64.4 Å². The number of thioether (sulfide) groups is 1. The number of hydrogen-bond acceptors (Lipinski definition) is 4. The average Bonchev–Trinajstić information content (AvgIpc) is 2.79. The molecule has 0 radical (unpaired) electrons. The van der Waals surface area contributed by atoms with Crippen molar-refractivity contribution in [3.63, 3.8) is 0 Å². The molecule has 0 saturated heterocycles. The van der Waals surface area contributed by atoms with E-state index in [-0.39, 0.29) is 23.3 Å². The quantitative estimate of drug-likeness (QED) is 0.461. The Morgan fingerprint density at radius 2 is 1.91 bits per heavy atom. The maximum absolute atomic E-state index is 14.0. The molecule has 1 N–H and O–H groups in total. The van der Waals surface area contributed by atoms with Gasteiger partial charge < -0.3 is 15.0 Å². The zero-order chi connectivity index (χ0) is 23.5. The molecule has 2 aromatic carbocycles.